The number of hydrogen-bond donors (Lipinski definition) is 2. The van der Waals surface area contributed by atoms with E-state index in [1.165, 1.54) is 38.5 Å². The zero-order valence-corrected chi connectivity index (χ0v) is 12.9. The van der Waals surface area contributed by atoms with Crippen molar-refractivity contribution in [3.8, 4) is 0 Å². The van der Waals surface area contributed by atoms with Gasteiger partial charge in [-0.1, -0.05) is 51.2 Å². The van der Waals surface area contributed by atoms with E-state index in [0.717, 1.165) is 17.8 Å². The lowest BCUT2D eigenvalue weighted by molar-refractivity contribution is -0.119. The first-order valence-corrected chi connectivity index (χ1v) is 7.79. The molecule has 112 valence electrons. The minimum Gasteiger partial charge on any atom is -0.385 e. The largest absolute Gasteiger partial charge is 0.385 e. The molecule has 1 amide bonds. The summed E-state index contributed by atoms with van der Waals surface area (Å²) in [5.41, 5.74) is 2.19. The smallest absolute Gasteiger partial charge is 0.224 e. The highest BCUT2D eigenvalue weighted by molar-refractivity contribution is 5.78. The molecule has 0 aliphatic rings. The van der Waals surface area contributed by atoms with Crippen molar-refractivity contribution in [2.24, 2.45) is 0 Å². The van der Waals surface area contributed by atoms with Gasteiger partial charge in [0, 0.05) is 19.3 Å². The van der Waals surface area contributed by atoms with Crippen molar-refractivity contribution in [2.45, 2.75) is 51.9 Å². The van der Waals surface area contributed by atoms with Gasteiger partial charge in [-0.2, -0.15) is 0 Å². The molecule has 0 radical (unpaired) electrons. The molecule has 2 N–H and O–H groups in total. The van der Waals surface area contributed by atoms with Crippen LogP contribution in [0.5, 0.6) is 0 Å². The molecule has 1 rings (SSSR count). The number of nitrogens with one attached hydrogen (secondary N) is 2. The van der Waals surface area contributed by atoms with Crippen LogP contribution in [0, 0.1) is 0 Å². The van der Waals surface area contributed by atoms with Crippen LogP contribution < -0.4 is 10.6 Å². The first-order valence-electron chi connectivity index (χ1n) is 7.79. The van der Waals surface area contributed by atoms with Crippen molar-refractivity contribution in [3.05, 3.63) is 29.8 Å². The van der Waals surface area contributed by atoms with Gasteiger partial charge >= 0.3 is 0 Å². The summed E-state index contributed by atoms with van der Waals surface area (Å²) >= 11 is 0. The lowest BCUT2D eigenvalue weighted by Crippen LogP contribution is -2.19. The van der Waals surface area contributed by atoms with Gasteiger partial charge in [-0.25, -0.2) is 0 Å². The van der Waals surface area contributed by atoms with E-state index in [1.807, 2.05) is 12.1 Å². The Bertz CT molecular complexity index is 373. The van der Waals surface area contributed by atoms with Gasteiger partial charge in [-0.05, 0) is 24.1 Å². The summed E-state index contributed by atoms with van der Waals surface area (Å²) in [4.78, 5) is 11.3. The van der Waals surface area contributed by atoms with Crippen LogP contribution >= 0.6 is 0 Å². The number of rotatable bonds is 10. The number of carbonyl (C=O) groups is 1. The summed E-state index contributed by atoms with van der Waals surface area (Å²) < 4.78 is 0. The topological polar surface area (TPSA) is 41.1 Å². The van der Waals surface area contributed by atoms with Crippen molar-refractivity contribution >= 4 is 11.6 Å². The second-order valence-electron chi connectivity index (χ2n) is 5.24. The Hall–Kier alpha value is -1.51. The normalized spacial score (nSPS) is 10.3. The molecule has 3 nitrogen and oxygen atoms in total. The number of unbranched alkanes of at least 4 members (excludes halogenated alkanes) is 5. The van der Waals surface area contributed by atoms with Crippen LogP contribution in [0.4, 0.5) is 5.69 Å². The average molecular weight is 276 g/mol. The van der Waals surface area contributed by atoms with Crippen molar-refractivity contribution in [1.82, 2.24) is 5.32 Å². The van der Waals surface area contributed by atoms with E-state index in [2.05, 4.69) is 29.7 Å². The fourth-order valence-electron chi connectivity index (χ4n) is 2.15. The van der Waals surface area contributed by atoms with Gasteiger partial charge in [0.1, 0.15) is 0 Å². The number of carbonyl (C=O) groups excluding carboxylic acids is 1. The summed E-state index contributed by atoms with van der Waals surface area (Å²) in [5, 5.41) is 6.07. The lowest BCUT2D eigenvalue weighted by Gasteiger charge is -2.07. The van der Waals surface area contributed by atoms with Gasteiger partial charge in [0.05, 0.1) is 6.42 Å². The van der Waals surface area contributed by atoms with Crippen molar-refractivity contribution in [1.29, 1.82) is 0 Å². The molecule has 0 saturated carbocycles. The molecule has 0 aromatic heterocycles. The quantitative estimate of drug-likeness (QED) is 0.639. The van der Waals surface area contributed by atoms with Crippen LogP contribution in [0.1, 0.15) is 51.0 Å². The summed E-state index contributed by atoms with van der Waals surface area (Å²) in [7, 11) is 1.67. The number of anilines is 1. The van der Waals surface area contributed by atoms with E-state index in [-0.39, 0.29) is 5.91 Å². The molecule has 0 saturated heterocycles. The fraction of sp³-hybridized carbons (Fsp3) is 0.588. The Morgan fingerprint density at radius 1 is 1.00 bits per heavy atom. The third-order valence-electron chi connectivity index (χ3n) is 3.46. The summed E-state index contributed by atoms with van der Waals surface area (Å²) in [6.45, 7) is 3.27. The van der Waals surface area contributed by atoms with Crippen LogP contribution in [-0.2, 0) is 11.2 Å². The van der Waals surface area contributed by atoms with Crippen LogP contribution in [0.15, 0.2) is 24.3 Å². The summed E-state index contributed by atoms with van der Waals surface area (Å²) in [6, 6.07) is 8.13. The molecule has 0 unspecified atom stereocenters. The molecule has 0 fully saturated rings. The Morgan fingerprint density at radius 3 is 2.30 bits per heavy atom. The molecular weight excluding hydrogens is 248 g/mol. The molecule has 0 spiro atoms. The maximum absolute atomic E-state index is 11.3. The summed E-state index contributed by atoms with van der Waals surface area (Å²) in [6.07, 6.45) is 8.37. The predicted molar refractivity (Wildman–Crippen MR) is 86.1 cm³/mol. The highest BCUT2D eigenvalue weighted by atomic mass is 16.1. The third-order valence-corrected chi connectivity index (χ3v) is 3.46. The molecule has 0 aliphatic carbocycles. The van der Waals surface area contributed by atoms with Gasteiger partial charge in [0.2, 0.25) is 5.91 Å². The first-order chi connectivity index (χ1) is 9.76. The van der Waals surface area contributed by atoms with Crippen LogP contribution in [-0.4, -0.2) is 19.5 Å². The second kappa shape index (κ2) is 10.3. The van der Waals surface area contributed by atoms with E-state index >= 15 is 0 Å². The van der Waals surface area contributed by atoms with Gasteiger partial charge in [-0.3, -0.25) is 4.79 Å². The van der Waals surface area contributed by atoms with E-state index in [0.29, 0.717) is 6.42 Å². The highest BCUT2D eigenvalue weighted by Crippen LogP contribution is 2.11. The van der Waals surface area contributed by atoms with E-state index < -0.39 is 0 Å². The SMILES string of the molecule is CCCCCCCCNc1ccc(CC(=O)NC)cc1. The van der Waals surface area contributed by atoms with E-state index in [1.54, 1.807) is 7.05 Å². The zero-order chi connectivity index (χ0) is 14.6. The Morgan fingerprint density at radius 2 is 1.65 bits per heavy atom. The Balaban J connectivity index is 2.16. The van der Waals surface area contributed by atoms with Crippen molar-refractivity contribution in [3.63, 3.8) is 0 Å². The number of amides is 1. The molecule has 0 heterocycles. The molecular formula is C17H28N2O. The monoisotopic (exact) mass is 276 g/mol. The average Bonchev–Trinajstić information content (AvgIpc) is 2.48. The lowest BCUT2D eigenvalue weighted by atomic mass is 10.1. The van der Waals surface area contributed by atoms with Crippen LogP contribution in [0.25, 0.3) is 0 Å². The molecule has 1 aromatic rings. The molecule has 0 bridgehead atoms. The Labute approximate surface area is 123 Å². The molecule has 3 heteroatoms. The number of likely N-dealkylation sites (N-methyl/N-ethyl adjacent to an activating group) is 1. The minimum absolute atomic E-state index is 0.0535. The van der Waals surface area contributed by atoms with Gasteiger partial charge in [0.25, 0.3) is 0 Å². The second-order valence-corrected chi connectivity index (χ2v) is 5.24. The van der Waals surface area contributed by atoms with Crippen LogP contribution in [0.3, 0.4) is 0 Å². The van der Waals surface area contributed by atoms with Gasteiger partial charge < -0.3 is 10.6 Å². The predicted octanol–water partition coefficient (Wildman–Crippen LogP) is 3.75. The number of hydrogen-bond acceptors (Lipinski definition) is 2. The third kappa shape index (κ3) is 7.17. The standard InChI is InChI=1S/C17H28N2O/c1-3-4-5-6-7-8-13-19-16-11-9-15(10-12-16)14-17(20)18-2/h9-12,19H,3-8,13-14H2,1-2H3,(H,18,20). The van der Waals surface area contributed by atoms with Gasteiger partial charge in [0.15, 0.2) is 0 Å². The molecule has 20 heavy (non-hydrogen) atoms. The maximum Gasteiger partial charge on any atom is 0.224 e. The van der Waals surface area contributed by atoms with Crippen molar-refractivity contribution in [2.75, 3.05) is 18.9 Å². The fourth-order valence-corrected chi connectivity index (χ4v) is 2.15. The van der Waals surface area contributed by atoms with E-state index in [9.17, 15) is 4.79 Å². The zero-order valence-electron chi connectivity index (χ0n) is 12.9. The highest BCUT2D eigenvalue weighted by Gasteiger charge is 2.00. The molecule has 0 atom stereocenters. The minimum atomic E-state index is 0.0535. The van der Waals surface area contributed by atoms with E-state index in [4.69, 9.17) is 0 Å². The van der Waals surface area contributed by atoms with Gasteiger partial charge in [-0.15, -0.1) is 0 Å². The Kier molecular flexibility index (Phi) is 8.52. The number of benzene rings is 1. The summed E-state index contributed by atoms with van der Waals surface area (Å²) in [5.74, 6) is 0.0535. The molecule has 1 aromatic carbocycles. The maximum atomic E-state index is 11.3. The van der Waals surface area contributed by atoms with Crippen LogP contribution in [0.2, 0.25) is 0 Å². The molecule has 0 aliphatic heterocycles. The van der Waals surface area contributed by atoms with Crippen molar-refractivity contribution < 1.29 is 4.79 Å². The first kappa shape index (κ1) is 16.5.